The molecule has 1 saturated carbocycles. The number of carboxylic acid groups (broad SMARTS) is 1. The van der Waals surface area contributed by atoms with Crippen molar-refractivity contribution >= 4 is 23.5 Å². The average molecular weight is 524 g/mol. The molecule has 2 atom stereocenters. The number of rotatable bonds is 9. The van der Waals surface area contributed by atoms with Crippen LogP contribution in [0.25, 0.3) is 0 Å². The predicted molar refractivity (Wildman–Crippen MR) is 144 cm³/mol. The topological polar surface area (TPSA) is 90.0 Å². The minimum absolute atomic E-state index is 0.0178. The molecule has 0 radical (unpaired) electrons. The zero-order chi connectivity index (χ0) is 27.2. The quantitative estimate of drug-likeness (QED) is 0.486. The molecule has 1 saturated heterocycles. The molecule has 2 N–H and O–H groups in total. The molecule has 0 aromatic heterocycles. The Morgan fingerprint density at radius 1 is 1.08 bits per heavy atom. The second kappa shape index (κ2) is 12.5. The van der Waals surface area contributed by atoms with E-state index >= 15 is 0 Å². The molecule has 0 bridgehead atoms. The molecule has 7 nitrogen and oxygen atoms in total. The number of carbonyl (C=O) groups is 3. The predicted octanol–water partition coefficient (Wildman–Crippen LogP) is 4.94. The van der Waals surface area contributed by atoms with Gasteiger partial charge in [-0.2, -0.15) is 0 Å². The van der Waals surface area contributed by atoms with Gasteiger partial charge in [-0.15, -0.1) is 0 Å². The Kier molecular flexibility index (Phi) is 9.15. The summed E-state index contributed by atoms with van der Waals surface area (Å²) in [4.78, 5) is 41.5. The van der Waals surface area contributed by atoms with Crippen LogP contribution in [0, 0.1) is 18.7 Å². The van der Waals surface area contributed by atoms with Crippen LogP contribution in [-0.4, -0.2) is 58.4 Å². The highest BCUT2D eigenvalue weighted by Gasteiger charge is 2.33. The summed E-state index contributed by atoms with van der Waals surface area (Å²) in [5.41, 5.74) is 2.75. The van der Waals surface area contributed by atoms with Gasteiger partial charge in [-0.25, -0.2) is 4.39 Å². The van der Waals surface area contributed by atoms with E-state index in [0.717, 1.165) is 42.4 Å². The fraction of sp³-hybridized carbons (Fsp3) is 0.500. The maximum atomic E-state index is 14.6. The number of hydrogen-bond donors (Lipinski definition) is 2. The van der Waals surface area contributed by atoms with E-state index in [1.54, 1.807) is 0 Å². The molecule has 8 heteroatoms. The standard InChI is InChI=1S/C30H38FN3O4/c1-20-18-33(12-13-34(20)30(38)23-10-6-7-11-23)19-25-14-26(31)17-27(21(25)2)32-28(35)15-24(16-29(36)37)22-8-4-3-5-9-22/h3-5,8-9,14,17,20,23-24H,6-7,10-13,15-16,18-19H2,1-2H3,(H,32,35)(H,36,37)/t20-,24?/m0/s1. The number of hydrogen-bond acceptors (Lipinski definition) is 4. The molecule has 1 aliphatic carbocycles. The first-order valence-corrected chi connectivity index (χ1v) is 13.6. The number of aliphatic carboxylic acids is 1. The molecular weight excluding hydrogens is 485 g/mol. The van der Waals surface area contributed by atoms with Crippen molar-refractivity contribution in [1.29, 1.82) is 0 Å². The molecule has 2 aliphatic rings. The molecule has 1 aliphatic heterocycles. The lowest BCUT2D eigenvalue weighted by molar-refractivity contribution is -0.140. The molecule has 204 valence electrons. The SMILES string of the molecule is Cc1c(CN2CCN(C(=O)C3CCCC3)[C@@H](C)C2)cc(F)cc1NC(=O)CC(CC(=O)O)c1ccccc1. The second-order valence-corrected chi connectivity index (χ2v) is 10.8. The summed E-state index contributed by atoms with van der Waals surface area (Å²) in [5.74, 6) is -1.81. The van der Waals surface area contributed by atoms with E-state index < -0.39 is 17.7 Å². The Bertz CT molecular complexity index is 1150. The summed E-state index contributed by atoms with van der Waals surface area (Å²) in [6.07, 6.45) is 4.06. The van der Waals surface area contributed by atoms with Crippen molar-refractivity contribution in [2.45, 2.75) is 70.9 Å². The first-order chi connectivity index (χ1) is 18.2. The molecule has 4 rings (SSSR count). The maximum Gasteiger partial charge on any atom is 0.303 e. The highest BCUT2D eigenvalue weighted by Crippen LogP contribution is 2.29. The fourth-order valence-corrected chi connectivity index (χ4v) is 5.85. The molecule has 2 aromatic rings. The van der Waals surface area contributed by atoms with Crippen molar-refractivity contribution in [3.63, 3.8) is 0 Å². The number of piperazine rings is 1. The Morgan fingerprint density at radius 2 is 1.79 bits per heavy atom. The Labute approximate surface area is 224 Å². The Hall–Kier alpha value is -3.26. The van der Waals surface area contributed by atoms with E-state index in [9.17, 15) is 23.9 Å². The summed E-state index contributed by atoms with van der Waals surface area (Å²) < 4.78 is 14.6. The number of halogens is 1. The van der Waals surface area contributed by atoms with Gasteiger partial charge in [-0.05, 0) is 55.5 Å². The number of carboxylic acids is 1. The van der Waals surface area contributed by atoms with E-state index in [2.05, 4.69) is 17.1 Å². The van der Waals surface area contributed by atoms with E-state index in [0.29, 0.717) is 31.9 Å². The molecule has 38 heavy (non-hydrogen) atoms. The lowest BCUT2D eigenvalue weighted by atomic mass is 9.92. The third-order valence-corrected chi connectivity index (χ3v) is 7.97. The van der Waals surface area contributed by atoms with Gasteiger partial charge in [0.25, 0.3) is 0 Å². The lowest BCUT2D eigenvalue weighted by Gasteiger charge is -2.41. The van der Waals surface area contributed by atoms with Gasteiger partial charge in [-0.3, -0.25) is 19.3 Å². The van der Waals surface area contributed by atoms with Crippen LogP contribution in [0.5, 0.6) is 0 Å². The van der Waals surface area contributed by atoms with Crippen LogP contribution in [0.1, 0.15) is 68.1 Å². The smallest absolute Gasteiger partial charge is 0.303 e. The van der Waals surface area contributed by atoms with Crippen LogP contribution < -0.4 is 5.32 Å². The normalized spacial score (nSPS) is 19.3. The van der Waals surface area contributed by atoms with Gasteiger partial charge in [0.15, 0.2) is 0 Å². The third kappa shape index (κ3) is 6.98. The lowest BCUT2D eigenvalue weighted by Crippen LogP contribution is -2.54. The Balaban J connectivity index is 1.40. The van der Waals surface area contributed by atoms with Crippen LogP contribution >= 0.6 is 0 Å². The monoisotopic (exact) mass is 523 g/mol. The van der Waals surface area contributed by atoms with Crippen LogP contribution in [-0.2, 0) is 20.9 Å². The van der Waals surface area contributed by atoms with Crippen molar-refractivity contribution in [2.75, 3.05) is 25.0 Å². The van der Waals surface area contributed by atoms with Gasteiger partial charge in [0, 0.05) is 56.2 Å². The highest BCUT2D eigenvalue weighted by atomic mass is 19.1. The van der Waals surface area contributed by atoms with E-state index in [-0.39, 0.29) is 36.6 Å². The zero-order valence-corrected chi connectivity index (χ0v) is 22.3. The van der Waals surface area contributed by atoms with Crippen molar-refractivity contribution < 1.29 is 23.9 Å². The summed E-state index contributed by atoms with van der Waals surface area (Å²) in [7, 11) is 0. The molecular formula is C30H38FN3O4. The van der Waals surface area contributed by atoms with E-state index in [1.807, 2.05) is 42.2 Å². The van der Waals surface area contributed by atoms with Crippen molar-refractivity contribution in [1.82, 2.24) is 9.80 Å². The summed E-state index contributed by atoms with van der Waals surface area (Å²) in [6.45, 7) is 6.55. The van der Waals surface area contributed by atoms with Gasteiger partial charge in [-0.1, -0.05) is 43.2 Å². The van der Waals surface area contributed by atoms with Crippen molar-refractivity contribution in [3.05, 3.63) is 65.0 Å². The number of amides is 2. The second-order valence-electron chi connectivity index (χ2n) is 10.8. The third-order valence-electron chi connectivity index (χ3n) is 7.97. The number of carbonyl (C=O) groups excluding carboxylic acids is 2. The number of anilines is 1. The summed E-state index contributed by atoms with van der Waals surface area (Å²) in [6, 6.07) is 12.0. The van der Waals surface area contributed by atoms with Crippen LogP contribution in [0.15, 0.2) is 42.5 Å². The number of benzene rings is 2. The van der Waals surface area contributed by atoms with Crippen LogP contribution in [0.4, 0.5) is 10.1 Å². The minimum Gasteiger partial charge on any atom is -0.481 e. The van der Waals surface area contributed by atoms with Gasteiger partial charge < -0.3 is 15.3 Å². The van der Waals surface area contributed by atoms with Crippen molar-refractivity contribution in [2.24, 2.45) is 5.92 Å². The first kappa shape index (κ1) is 27.8. The molecule has 1 heterocycles. The van der Waals surface area contributed by atoms with E-state index in [1.165, 1.54) is 12.1 Å². The fourth-order valence-electron chi connectivity index (χ4n) is 5.85. The van der Waals surface area contributed by atoms with Crippen LogP contribution in [0.3, 0.4) is 0 Å². The molecule has 0 spiro atoms. The molecule has 2 aromatic carbocycles. The summed E-state index contributed by atoms with van der Waals surface area (Å²) in [5, 5.41) is 12.2. The van der Waals surface area contributed by atoms with Gasteiger partial charge in [0.2, 0.25) is 11.8 Å². The summed E-state index contributed by atoms with van der Waals surface area (Å²) >= 11 is 0. The van der Waals surface area contributed by atoms with E-state index in [4.69, 9.17) is 0 Å². The van der Waals surface area contributed by atoms with Gasteiger partial charge in [0.1, 0.15) is 5.82 Å². The average Bonchev–Trinajstić information content (AvgIpc) is 3.41. The maximum absolute atomic E-state index is 14.6. The molecule has 1 unspecified atom stereocenters. The number of nitrogens with zero attached hydrogens (tertiary/aromatic N) is 2. The zero-order valence-electron chi connectivity index (χ0n) is 22.3. The largest absolute Gasteiger partial charge is 0.481 e. The molecule has 2 amide bonds. The van der Waals surface area contributed by atoms with Crippen molar-refractivity contribution in [3.8, 4) is 0 Å². The van der Waals surface area contributed by atoms with Crippen LogP contribution in [0.2, 0.25) is 0 Å². The highest BCUT2D eigenvalue weighted by molar-refractivity contribution is 5.92. The Morgan fingerprint density at radius 3 is 2.45 bits per heavy atom. The van der Waals surface area contributed by atoms with Gasteiger partial charge in [0.05, 0.1) is 6.42 Å². The first-order valence-electron chi connectivity index (χ1n) is 13.6. The minimum atomic E-state index is -0.977. The van der Waals surface area contributed by atoms with Gasteiger partial charge >= 0.3 is 5.97 Å². The molecule has 2 fully saturated rings. The number of nitrogens with one attached hydrogen (secondary N) is 1.